The largest absolute Gasteiger partial charge is 0.389 e. The van der Waals surface area contributed by atoms with Crippen molar-refractivity contribution >= 4 is 44.7 Å². The van der Waals surface area contributed by atoms with Gasteiger partial charge in [0.15, 0.2) is 5.82 Å². The number of nitrogens with zero attached hydrogens (tertiary/aromatic N) is 1. The molecule has 0 heterocycles. The number of anilines is 1. The van der Waals surface area contributed by atoms with Crippen molar-refractivity contribution in [1.82, 2.24) is 5.32 Å². The van der Waals surface area contributed by atoms with Crippen molar-refractivity contribution in [2.24, 2.45) is 5.73 Å². The molecule has 110 valence electrons. The van der Waals surface area contributed by atoms with E-state index in [9.17, 15) is 9.18 Å². The second-order valence-corrected chi connectivity index (χ2v) is 5.94. The number of hydrogen-bond donors (Lipinski definition) is 2. The van der Waals surface area contributed by atoms with E-state index in [0.717, 1.165) is 0 Å². The summed E-state index contributed by atoms with van der Waals surface area (Å²) in [6.07, 6.45) is 0. The second kappa shape index (κ2) is 6.99. The monoisotopic (exact) mass is 361 g/mol. The Morgan fingerprint density at radius 1 is 1.55 bits per heavy atom. The molecule has 1 rings (SSSR count). The normalized spacial score (nSPS) is 10.5. The summed E-state index contributed by atoms with van der Waals surface area (Å²) in [6, 6.07) is 3.23. The molecule has 0 bridgehead atoms. The number of hydrogen-bond acceptors (Lipinski definition) is 3. The van der Waals surface area contributed by atoms with Crippen LogP contribution in [-0.2, 0) is 4.79 Å². The minimum absolute atomic E-state index is 0.0458. The summed E-state index contributed by atoms with van der Waals surface area (Å²) < 4.78 is 14.5. The molecule has 0 fully saturated rings. The molecule has 0 unspecified atom stereocenters. The van der Waals surface area contributed by atoms with Crippen LogP contribution in [0.15, 0.2) is 16.6 Å². The third-order valence-electron chi connectivity index (χ3n) is 2.57. The van der Waals surface area contributed by atoms with Gasteiger partial charge in [-0.2, -0.15) is 0 Å². The first-order chi connectivity index (χ1) is 9.23. The number of carbonyl (C=O) groups excluding carboxylic acids is 1. The first-order valence-corrected chi connectivity index (χ1v) is 7.22. The van der Waals surface area contributed by atoms with Crippen molar-refractivity contribution in [3.63, 3.8) is 0 Å². The lowest BCUT2D eigenvalue weighted by Gasteiger charge is -2.21. The van der Waals surface area contributed by atoms with Gasteiger partial charge in [-0.15, -0.1) is 0 Å². The molecule has 0 aliphatic heterocycles. The van der Waals surface area contributed by atoms with Crippen LogP contribution in [0, 0.1) is 5.82 Å². The molecule has 7 heteroatoms. The summed E-state index contributed by atoms with van der Waals surface area (Å²) in [6.45, 7) is 3.80. The van der Waals surface area contributed by atoms with Crippen molar-refractivity contribution in [1.29, 1.82) is 0 Å². The van der Waals surface area contributed by atoms with Gasteiger partial charge in [0.1, 0.15) is 4.99 Å². The highest BCUT2D eigenvalue weighted by Gasteiger charge is 2.17. The van der Waals surface area contributed by atoms with E-state index in [-0.39, 0.29) is 28.0 Å². The maximum atomic E-state index is 14.3. The van der Waals surface area contributed by atoms with Crippen molar-refractivity contribution in [2.75, 3.05) is 18.5 Å². The number of rotatable bonds is 5. The van der Waals surface area contributed by atoms with E-state index in [1.165, 1.54) is 4.90 Å². The topological polar surface area (TPSA) is 58.4 Å². The lowest BCUT2D eigenvalue weighted by Crippen LogP contribution is -2.38. The lowest BCUT2D eigenvalue weighted by atomic mass is 10.2. The number of amides is 1. The highest BCUT2D eigenvalue weighted by Crippen LogP contribution is 2.28. The van der Waals surface area contributed by atoms with Gasteiger partial charge in [-0.05, 0) is 41.9 Å². The van der Waals surface area contributed by atoms with Crippen LogP contribution in [0.4, 0.5) is 10.1 Å². The molecule has 0 aliphatic carbocycles. The molecule has 1 amide bonds. The molecule has 0 radical (unpaired) electrons. The number of benzene rings is 1. The van der Waals surface area contributed by atoms with E-state index in [2.05, 4.69) is 21.2 Å². The molecule has 0 aliphatic rings. The van der Waals surface area contributed by atoms with Crippen LogP contribution in [0.1, 0.15) is 19.4 Å². The Morgan fingerprint density at radius 2 is 2.15 bits per heavy atom. The molecule has 0 spiro atoms. The fourth-order valence-corrected chi connectivity index (χ4v) is 2.54. The minimum Gasteiger partial charge on any atom is -0.389 e. The van der Waals surface area contributed by atoms with E-state index in [1.807, 2.05) is 13.8 Å². The predicted molar refractivity (Wildman–Crippen MR) is 86.5 cm³/mol. The predicted octanol–water partition coefficient (Wildman–Crippen LogP) is 2.18. The van der Waals surface area contributed by atoms with Gasteiger partial charge in [0.25, 0.3) is 0 Å². The zero-order valence-electron chi connectivity index (χ0n) is 11.5. The van der Waals surface area contributed by atoms with Crippen LogP contribution in [0.3, 0.4) is 0 Å². The third kappa shape index (κ3) is 4.14. The fraction of sp³-hybridized carbons (Fsp3) is 0.385. The van der Waals surface area contributed by atoms with Crippen LogP contribution in [0.2, 0.25) is 0 Å². The Hall–Kier alpha value is -1.21. The van der Waals surface area contributed by atoms with Crippen molar-refractivity contribution in [3.05, 3.63) is 28.0 Å². The zero-order chi connectivity index (χ0) is 15.4. The molecule has 20 heavy (non-hydrogen) atoms. The summed E-state index contributed by atoms with van der Waals surface area (Å²) in [4.78, 5) is 13.3. The van der Waals surface area contributed by atoms with Gasteiger partial charge in [0.2, 0.25) is 5.91 Å². The van der Waals surface area contributed by atoms with Gasteiger partial charge in [-0.1, -0.05) is 12.2 Å². The van der Waals surface area contributed by atoms with E-state index in [4.69, 9.17) is 18.0 Å². The number of nitrogens with two attached hydrogens (primary N) is 1. The molecule has 0 aromatic heterocycles. The average Bonchev–Trinajstić information content (AvgIpc) is 2.30. The van der Waals surface area contributed by atoms with Crippen molar-refractivity contribution in [2.45, 2.75) is 19.9 Å². The molecule has 0 saturated carbocycles. The molecule has 0 atom stereocenters. The molecule has 4 nitrogen and oxygen atoms in total. The van der Waals surface area contributed by atoms with Crippen LogP contribution >= 0.6 is 28.1 Å². The highest BCUT2D eigenvalue weighted by atomic mass is 79.9. The standard InChI is InChI=1S/C13H17BrFN3OS/c1-7(2)17-10(19)6-18(3)9-5-4-8(13(16)20)11(14)12(9)15/h4-5,7H,6H2,1-3H3,(H2,16,20)(H,17,19). The Balaban J connectivity index is 2.94. The fourth-order valence-electron chi connectivity index (χ4n) is 1.69. The van der Waals surface area contributed by atoms with E-state index < -0.39 is 5.82 Å². The minimum atomic E-state index is -0.491. The van der Waals surface area contributed by atoms with Crippen LogP contribution in [0.25, 0.3) is 0 Å². The maximum Gasteiger partial charge on any atom is 0.239 e. The van der Waals surface area contributed by atoms with Crippen molar-refractivity contribution < 1.29 is 9.18 Å². The quantitative estimate of drug-likeness (QED) is 0.789. The zero-order valence-corrected chi connectivity index (χ0v) is 13.9. The molecular weight excluding hydrogens is 345 g/mol. The van der Waals surface area contributed by atoms with Gasteiger partial charge in [0.05, 0.1) is 16.7 Å². The van der Waals surface area contributed by atoms with E-state index in [0.29, 0.717) is 11.3 Å². The Kier molecular flexibility index (Phi) is 5.88. The van der Waals surface area contributed by atoms with E-state index >= 15 is 0 Å². The summed E-state index contributed by atoms with van der Waals surface area (Å²) in [7, 11) is 1.64. The van der Waals surface area contributed by atoms with Crippen LogP contribution in [-0.4, -0.2) is 30.5 Å². The van der Waals surface area contributed by atoms with Gasteiger partial charge < -0.3 is 16.0 Å². The Labute approximate surface area is 131 Å². The second-order valence-electron chi connectivity index (χ2n) is 4.70. The SMILES string of the molecule is CC(C)NC(=O)CN(C)c1ccc(C(N)=S)c(Br)c1F. The highest BCUT2D eigenvalue weighted by molar-refractivity contribution is 9.10. The van der Waals surface area contributed by atoms with Crippen LogP contribution < -0.4 is 16.0 Å². The molecular formula is C13H17BrFN3OS. The summed E-state index contributed by atoms with van der Waals surface area (Å²) in [5.41, 5.74) is 6.24. The van der Waals surface area contributed by atoms with Gasteiger partial charge in [-0.3, -0.25) is 4.79 Å². The Morgan fingerprint density at radius 3 is 2.65 bits per heavy atom. The van der Waals surface area contributed by atoms with Gasteiger partial charge in [0, 0.05) is 18.7 Å². The first-order valence-electron chi connectivity index (χ1n) is 6.02. The van der Waals surface area contributed by atoms with E-state index in [1.54, 1.807) is 19.2 Å². The maximum absolute atomic E-state index is 14.3. The Bertz CT molecular complexity index is 537. The smallest absolute Gasteiger partial charge is 0.239 e. The lowest BCUT2D eigenvalue weighted by molar-refractivity contribution is -0.120. The molecule has 1 aromatic carbocycles. The number of nitrogens with one attached hydrogen (secondary N) is 1. The summed E-state index contributed by atoms with van der Waals surface area (Å²) in [5, 5.41) is 2.75. The third-order valence-corrected chi connectivity index (χ3v) is 3.56. The molecule has 3 N–H and O–H groups in total. The average molecular weight is 362 g/mol. The summed E-state index contributed by atoms with van der Waals surface area (Å²) >= 11 is 7.98. The number of thiocarbonyl (C=S) groups is 1. The number of likely N-dealkylation sites (N-methyl/N-ethyl adjacent to an activating group) is 1. The number of halogens is 2. The first kappa shape index (κ1) is 16.8. The van der Waals surface area contributed by atoms with Gasteiger partial charge in [-0.25, -0.2) is 4.39 Å². The molecule has 0 saturated heterocycles. The van der Waals surface area contributed by atoms with Crippen molar-refractivity contribution in [3.8, 4) is 0 Å². The molecule has 1 aromatic rings. The van der Waals surface area contributed by atoms with Gasteiger partial charge >= 0.3 is 0 Å². The van der Waals surface area contributed by atoms with Crippen LogP contribution in [0.5, 0.6) is 0 Å². The summed E-state index contributed by atoms with van der Waals surface area (Å²) in [5.74, 6) is -0.661. The number of carbonyl (C=O) groups is 1.